The Bertz CT molecular complexity index is 319. The van der Waals surface area contributed by atoms with Crippen LogP contribution in [0, 0.1) is 29.1 Å². The maximum atomic E-state index is 11.3. The second-order valence-corrected chi connectivity index (χ2v) is 7.65. The summed E-state index contributed by atoms with van der Waals surface area (Å²) in [5, 5.41) is 11.3. The summed E-state index contributed by atoms with van der Waals surface area (Å²) in [6.45, 7) is 6.59. The molecule has 0 aromatic heterocycles. The molecule has 0 aliphatic heterocycles. The van der Waals surface area contributed by atoms with Crippen LogP contribution in [0.5, 0.6) is 0 Å². The van der Waals surface area contributed by atoms with E-state index in [1.807, 2.05) is 7.11 Å². The Morgan fingerprint density at radius 1 is 1.12 bits per heavy atom. The number of ether oxygens (including phenoxy) is 1. The van der Waals surface area contributed by atoms with Crippen molar-refractivity contribution < 1.29 is 9.84 Å². The van der Waals surface area contributed by atoms with E-state index < -0.39 is 5.60 Å². The van der Waals surface area contributed by atoms with E-state index in [1.165, 1.54) is 25.7 Å². The zero-order valence-corrected chi connectivity index (χ0v) is 11.6. The van der Waals surface area contributed by atoms with Gasteiger partial charge < -0.3 is 9.84 Å². The van der Waals surface area contributed by atoms with Crippen molar-refractivity contribution in [2.24, 2.45) is 29.1 Å². The van der Waals surface area contributed by atoms with E-state index in [9.17, 15) is 5.11 Å². The molecule has 0 saturated heterocycles. The number of hydrogen-bond donors (Lipinski definition) is 1. The van der Waals surface area contributed by atoms with Gasteiger partial charge in [-0.05, 0) is 48.9 Å². The Kier molecular flexibility index (Phi) is 2.45. The zero-order valence-electron chi connectivity index (χ0n) is 11.6. The number of aliphatic hydroxyl groups is 1. The van der Waals surface area contributed by atoms with Crippen molar-refractivity contribution in [3.63, 3.8) is 0 Å². The van der Waals surface area contributed by atoms with Gasteiger partial charge in [0.15, 0.2) is 0 Å². The van der Waals surface area contributed by atoms with Gasteiger partial charge in [-0.15, -0.1) is 0 Å². The summed E-state index contributed by atoms with van der Waals surface area (Å²) in [7, 11) is 1.83. The van der Waals surface area contributed by atoms with Gasteiger partial charge in [-0.25, -0.2) is 0 Å². The summed E-state index contributed by atoms with van der Waals surface area (Å²) >= 11 is 0. The van der Waals surface area contributed by atoms with Crippen molar-refractivity contribution in [1.82, 2.24) is 0 Å². The summed E-state index contributed by atoms with van der Waals surface area (Å²) in [6.07, 6.45) is 5.24. The minimum absolute atomic E-state index is 0.0353. The van der Waals surface area contributed by atoms with Crippen molar-refractivity contribution in [2.75, 3.05) is 7.11 Å². The van der Waals surface area contributed by atoms with E-state index in [2.05, 4.69) is 20.8 Å². The van der Waals surface area contributed by atoms with Gasteiger partial charge in [0.25, 0.3) is 0 Å². The van der Waals surface area contributed by atoms with Crippen LogP contribution < -0.4 is 0 Å². The average Bonchev–Trinajstić information content (AvgIpc) is 2.23. The lowest BCUT2D eigenvalue weighted by atomic mass is 9.44. The fraction of sp³-hybridized carbons (Fsp3) is 1.00. The van der Waals surface area contributed by atoms with Crippen LogP contribution in [0.15, 0.2) is 0 Å². The fourth-order valence-corrected chi connectivity index (χ4v) is 5.38. The van der Waals surface area contributed by atoms with E-state index in [0.29, 0.717) is 23.9 Å². The number of rotatable bonds is 1. The minimum atomic E-state index is -0.513. The molecule has 4 aliphatic rings. The molecule has 0 heterocycles. The van der Waals surface area contributed by atoms with E-state index in [4.69, 9.17) is 4.74 Å². The highest BCUT2D eigenvalue weighted by Gasteiger charge is 2.64. The van der Waals surface area contributed by atoms with Gasteiger partial charge in [0.05, 0.1) is 11.7 Å². The van der Waals surface area contributed by atoms with Crippen molar-refractivity contribution in [2.45, 2.75) is 58.2 Å². The minimum Gasteiger partial charge on any atom is -0.389 e. The van der Waals surface area contributed by atoms with Crippen LogP contribution >= 0.6 is 0 Å². The maximum Gasteiger partial charge on any atom is 0.0776 e. The molecule has 0 amide bonds. The van der Waals surface area contributed by atoms with Gasteiger partial charge in [0.2, 0.25) is 0 Å². The Morgan fingerprint density at radius 3 is 2.41 bits per heavy atom. The van der Waals surface area contributed by atoms with Gasteiger partial charge in [0, 0.05) is 13.0 Å². The van der Waals surface area contributed by atoms with Crippen molar-refractivity contribution >= 4 is 0 Å². The van der Waals surface area contributed by atoms with Gasteiger partial charge >= 0.3 is 0 Å². The van der Waals surface area contributed by atoms with Crippen LogP contribution in [0.3, 0.4) is 0 Å². The first kappa shape index (κ1) is 12.0. The molecule has 0 aromatic rings. The summed E-state index contributed by atoms with van der Waals surface area (Å²) in [6, 6.07) is 0. The van der Waals surface area contributed by atoms with E-state index in [-0.39, 0.29) is 5.41 Å². The van der Waals surface area contributed by atoms with E-state index in [0.717, 1.165) is 5.92 Å². The van der Waals surface area contributed by atoms with Gasteiger partial charge in [-0.2, -0.15) is 0 Å². The van der Waals surface area contributed by atoms with Gasteiger partial charge in [0.1, 0.15) is 0 Å². The smallest absolute Gasteiger partial charge is 0.0776 e. The summed E-state index contributed by atoms with van der Waals surface area (Å²) in [5.41, 5.74) is -0.548. The molecular weight excluding hydrogens is 212 g/mol. The van der Waals surface area contributed by atoms with Gasteiger partial charge in [-0.3, -0.25) is 0 Å². The summed E-state index contributed by atoms with van der Waals surface area (Å²) < 4.78 is 5.76. The summed E-state index contributed by atoms with van der Waals surface area (Å²) in [4.78, 5) is 0. The van der Waals surface area contributed by atoms with Crippen LogP contribution in [-0.2, 0) is 4.74 Å². The third-order valence-electron chi connectivity index (χ3n) is 5.95. The first-order valence-corrected chi connectivity index (χ1v) is 7.13. The summed E-state index contributed by atoms with van der Waals surface area (Å²) in [5.74, 6) is 2.45. The lowest BCUT2D eigenvalue weighted by Crippen LogP contribution is -2.68. The zero-order chi connectivity index (χ0) is 12.4. The monoisotopic (exact) mass is 238 g/mol. The lowest BCUT2D eigenvalue weighted by Gasteiger charge is -2.65. The Labute approximate surface area is 105 Å². The quantitative estimate of drug-likeness (QED) is 0.761. The van der Waals surface area contributed by atoms with Crippen LogP contribution in [0.2, 0.25) is 0 Å². The topological polar surface area (TPSA) is 29.5 Å². The third-order valence-corrected chi connectivity index (χ3v) is 5.95. The molecule has 17 heavy (non-hydrogen) atoms. The molecule has 0 unspecified atom stereocenters. The standard InChI is InChI=1S/C15H26O2/c1-14(2,3)15(16)11-6-9-5-10(8-11)13(17-4)12(15)7-9/h9-13,16H,5-8H2,1-4H3/t9-,10+,11-,12+,13-,15+/m0/s1. The molecule has 2 nitrogen and oxygen atoms in total. The van der Waals surface area contributed by atoms with Crippen molar-refractivity contribution in [3.05, 3.63) is 0 Å². The van der Waals surface area contributed by atoms with E-state index in [1.54, 1.807) is 0 Å². The molecule has 6 atom stereocenters. The van der Waals surface area contributed by atoms with Gasteiger partial charge in [-0.1, -0.05) is 20.8 Å². The van der Waals surface area contributed by atoms with Crippen LogP contribution in [0.4, 0.5) is 0 Å². The molecule has 0 radical (unpaired) electrons. The molecular formula is C15H26O2. The first-order valence-electron chi connectivity index (χ1n) is 7.13. The van der Waals surface area contributed by atoms with E-state index >= 15 is 0 Å². The molecule has 0 aromatic carbocycles. The van der Waals surface area contributed by atoms with Crippen LogP contribution in [-0.4, -0.2) is 23.9 Å². The third kappa shape index (κ3) is 1.40. The first-order chi connectivity index (χ1) is 7.88. The van der Waals surface area contributed by atoms with Crippen LogP contribution in [0.25, 0.3) is 0 Å². The second kappa shape index (κ2) is 3.48. The number of hydrogen-bond acceptors (Lipinski definition) is 2. The average molecular weight is 238 g/mol. The molecule has 4 saturated carbocycles. The number of methoxy groups -OCH3 is 1. The highest BCUT2D eigenvalue weighted by Crippen LogP contribution is 2.63. The Hall–Kier alpha value is -0.0800. The fourth-order valence-electron chi connectivity index (χ4n) is 5.38. The molecule has 4 aliphatic carbocycles. The molecule has 98 valence electrons. The van der Waals surface area contributed by atoms with Crippen LogP contribution in [0.1, 0.15) is 46.5 Å². The van der Waals surface area contributed by atoms with Crippen molar-refractivity contribution in [3.8, 4) is 0 Å². The largest absolute Gasteiger partial charge is 0.389 e. The second-order valence-electron chi connectivity index (χ2n) is 7.65. The predicted molar refractivity (Wildman–Crippen MR) is 67.6 cm³/mol. The van der Waals surface area contributed by atoms with Crippen molar-refractivity contribution in [1.29, 1.82) is 0 Å². The predicted octanol–water partition coefficient (Wildman–Crippen LogP) is 2.84. The molecule has 2 heteroatoms. The highest BCUT2D eigenvalue weighted by atomic mass is 16.5. The highest BCUT2D eigenvalue weighted by molar-refractivity contribution is 5.14. The molecule has 4 rings (SSSR count). The SMILES string of the molecule is CO[C@H]1[C@@H]2C[C@H]3C[C@@H](C2)[C@](O)(C(C)(C)C)[C@@H]1C3. The molecule has 4 fully saturated rings. The Balaban J connectivity index is 2.01. The Morgan fingerprint density at radius 2 is 1.82 bits per heavy atom. The molecule has 0 spiro atoms. The lowest BCUT2D eigenvalue weighted by molar-refractivity contribution is -0.264. The maximum absolute atomic E-state index is 11.3. The molecule has 1 N–H and O–H groups in total. The molecule has 4 bridgehead atoms. The normalized spacial score (nSPS) is 53.1.